The van der Waals surface area contributed by atoms with Crippen LogP contribution in [-0.4, -0.2) is 15.7 Å². The number of nitrogens with zero attached hydrogens (tertiary/aromatic N) is 2. The second-order valence-electron chi connectivity index (χ2n) is 5.39. The van der Waals surface area contributed by atoms with Crippen LogP contribution in [-0.2, 0) is 11.8 Å². The molecule has 22 heavy (non-hydrogen) atoms. The molecule has 1 amide bonds. The molecule has 0 radical (unpaired) electrons. The van der Waals surface area contributed by atoms with Crippen molar-refractivity contribution in [1.29, 1.82) is 0 Å². The molecule has 1 N–H and O–H groups in total. The van der Waals surface area contributed by atoms with Crippen molar-refractivity contribution in [3.63, 3.8) is 0 Å². The summed E-state index contributed by atoms with van der Waals surface area (Å²) < 4.78 is 1.59. The van der Waals surface area contributed by atoms with Crippen LogP contribution in [0.25, 0.3) is 6.08 Å². The van der Waals surface area contributed by atoms with Gasteiger partial charge < -0.3 is 5.32 Å². The highest BCUT2D eigenvalue weighted by atomic mass is 35.5. The number of carbonyl (C=O) groups excluding carboxylic acids is 1. The third-order valence-corrected chi connectivity index (χ3v) is 3.98. The fourth-order valence-electron chi connectivity index (χ4n) is 2.19. The Labute approximate surface area is 135 Å². The van der Waals surface area contributed by atoms with Gasteiger partial charge in [0.15, 0.2) is 0 Å². The van der Waals surface area contributed by atoms with Crippen molar-refractivity contribution in [1.82, 2.24) is 15.1 Å². The zero-order valence-corrected chi connectivity index (χ0v) is 14.0. The molecular weight excluding hydrogens is 298 g/mol. The molecule has 0 aliphatic heterocycles. The Balaban J connectivity index is 2.03. The Morgan fingerprint density at radius 2 is 1.95 bits per heavy atom. The minimum atomic E-state index is -0.160. The van der Waals surface area contributed by atoms with Crippen LogP contribution in [0.1, 0.15) is 35.3 Å². The summed E-state index contributed by atoms with van der Waals surface area (Å²) in [7, 11) is 1.77. The van der Waals surface area contributed by atoms with Crippen LogP contribution < -0.4 is 5.32 Å². The zero-order valence-electron chi connectivity index (χ0n) is 13.2. The molecule has 0 spiro atoms. The summed E-state index contributed by atoms with van der Waals surface area (Å²) in [6.07, 6.45) is 3.18. The quantitative estimate of drug-likeness (QED) is 0.876. The van der Waals surface area contributed by atoms with E-state index in [2.05, 4.69) is 10.4 Å². The molecule has 5 heteroatoms. The first-order chi connectivity index (χ1) is 10.4. The Morgan fingerprint density at radius 1 is 1.32 bits per heavy atom. The molecule has 0 saturated carbocycles. The van der Waals surface area contributed by atoms with Crippen molar-refractivity contribution in [2.24, 2.45) is 7.05 Å². The van der Waals surface area contributed by atoms with Crippen LogP contribution in [0.5, 0.6) is 0 Å². The van der Waals surface area contributed by atoms with Gasteiger partial charge in [-0.1, -0.05) is 41.4 Å². The second kappa shape index (κ2) is 6.79. The number of carbonyl (C=O) groups is 1. The molecule has 0 aliphatic rings. The first-order valence-electron chi connectivity index (χ1n) is 7.12. The number of rotatable bonds is 4. The smallest absolute Gasteiger partial charge is 0.244 e. The lowest BCUT2D eigenvalue weighted by Crippen LogP contribution is -2.24. The van der Waals surface area contributed by atoms with E-state index in [4.69, 9.17) is 11.6 Å². The summed E-state index contributed by atoms with van der Waals surface area (Å²) in [6.45, 7) is 5.85. The summed E-state index contributed by atoms with van der Waals surface area (Å²) in [4.78, 5) is 12.0. The number of aryl methyl sites for hydroxylation is 3. The van der Waals surface area contributed by atoms with E-state index in [0.717, 1.165) is 16.8 Å². The topological polar surface area (TPSA) is 46.9 Å². The predicted molar refractivity (Wildman–Crippen MR) is 89.7 cm³/mol. The number of halogens is 1. The van der Waals surface area contributed by atoms with Crippen LogP contribution >= 0.6 is 11.6 Å². The van der Waals surface area contributed by atoms with Crippen LogP contribution in [0, 0.1) is 13.8 Å². The van der Waals surface area contributed by atoms with Crippen molar-refractivity contribution >= 4 is 23.6 Å². The van der Waals surface area contributed by atoms with E-state index in [0.29, 0.717) is 5.15 Å². The molecule has 0 saturated heterocycles. The molecular formula is C17H20ClN3O. The van der Waals surface area contributed by atoms with Crippen LogP contribution in [0.4, 0.5) is 0 Å². The van der Waals surface area contributed by atoms with Crippen LogP contribution in [0.2, 0.25) is 5.15 Å². The number of benzene rings is 1. The summed E-state index contributed by atoms with van der Waals surface area (Å²) in [5.41, 5.74) is 3.83. The Kier molecular flexibility index (Phi) is 5.03. The van der Waals surface area contributed by atoms with E-state index in [1.807, 2.05) is 45.0 Å². The molecule has 1 aromatic heterocycles. The van der Waals surface area contributed by atoms with Gasteiger partial charge in [0.1, 0.15) is 5.15 Å². The minimum absolute atomic E-state index is 0.0526. The van der Waals surface area contributed by atoms with E-state index in [-0.39, 0.29) is 11.9 Å². The largest absolute Gasteiger partial charge is 0.346 e. The summed E-state index contributed by atoms with van der Waals surface area (Å²) >= 11 is 6.13. The van der Waals surface area contributed by atoms with Gasteiger partial charge >= 0.3 is 0 Å². The van der Waals surface area contributed by atoms with Gasteiger partial charge in [-0.25, -0.2) is 0 Å². The normalized spacial score (nSPS) is 12.6. The van der Waals surface area contributed by atoms with Crippen molar-refractivity contribution < 1.29 is 4.79 Å². The zero-order chi connectivity index (χ0) is 16.3. The van der Waals surface area contributed by atoms with Crippen LogP contribution in [0.3, 0.4) is 0 Å². The van der Waals surface area contributed by atoms with Gasteiger partial charge in [-0.05, 0) is 32.4 Å². The molecule has 1 heterocycles. The molecule has 116 valence electrons. The third-order valence-electron chi connectivity index (χ3n) is 3.53. The van der Waals surface area contributed by atoms with Gasteiger partial charge in [-0.15, -0.1) is 0 Å². The third kappa shape index (κ3) is 3.77. The molecule has 4 nitrogen and oxygen atoms in total. The van der Waals surface area contributed by atoms with Gasteiger partial charge in [0, 0.05) is 18.7 Å². The lowest BCUT2D eigenvalue weighted by molar-refractivity contribution is -0.117. The molecule has 0 aliphatic carbocycles. The molecule has 2 aromatic rings. The number of nitrogens with one attached hydrogen (secondary N) is 1. The first kappa shape index (κ1) is 16.3. The maximum atomic E-state index is 12.0. The fraction of sp³-hybridized carbons (Fsp3) is 0.294. The SMILES string of the molecule is Cc1ccc(C(C)NC(=O)/C=C/c2c(C)nn(C)c2Cl)cc1. The van der Waals surface area contributed by atoms with Gasteiger partial charge in [0.2, 0.25) is 5.91 Å². The highest BCUT2D eigenvalue weighted by Gasteiger charge is 2.10. The minimum Gasteiger partial charge on any atom is -0.346 e. The van der Waals surface area contributed by atoms with E-state index >= 15 is 0 Å². The molecule has 0 bridgehead atoms. The lowest BCUT2D eigenvalue weighted by Gasteiger charge is -2.13. The van der Waals surface area contributed by atoms with Gasteiger partial charge in [-0.2, -0.15) is 5.10 Å². The van der Waals surface area contributed by atoms with E-state index in [1.165, 1.54) is 11.6 Å². The van der Waals surface area contributed by atoms with E-state index < -0.39 is 0 Å². The maximum absolute atomic E-state index is 12.0. The monoisotopic (exact) mass is 317 g/mol. The molecule has 1 unspecified atom stereocenters. The molecule has 0 fully saturated rings. The Bertz CT molecular complexity index is 701. The van der Waals surface area contributed by atoms with E-state index in [9.17, 15) is 4.79 Å². The summed E-state index contributed by atoms with van der Waals surface area (Å²) in [5, 5.41) is 7.66. The predicted octanol–water partition coefficient (Wildman–Crippen LogP) is 3.58. The van der Waals surface area contributed by atoms with Gasteiger partial charge in [-0.3, -0.25) is 9.48 Å². The molecule has 1 atom stereocenters. The highest BCUT2D eigenvalue weighted by molar-refractivity contribution is 6.31. The Hall–Kier alpha value is -2.07. The van der Waals surface area contributed by atoms with Crippen molar-refractivity contribution in [3.05, 3.63) is 57.9 Å². The molecule has 1 aromatic carbocycles. The Morgan fingerprint density at radius 3 is 2.50 bits per heavy atom. The first-order valence-corrected chi connectivity index (χ1v) is 7.50. The maximum Gasteiger partial charge on any atom is 0.244 e. The molecule has 2 rings (SSSR count). The van der Waals surface area contributed by atoms with Crippen molar-refractivity contribution in [3.8, 4) is 0 Å². The summed E-state index contributed by atoms with van der Waals surface area (Å²) in [6, 6.07) is 8.06. The second-order valence-corrected chi connectivity index (χ2v) is 5.75. The van der Waals surface area contributed by atoms with Crippen molar-refractivity contribution in [2.75, 3.05) is 0 Å². The standard InChI is InChI=1S/C17H20ClN3O/c1-11-5-7-14(8-6-11)12(2)19-16(22)10-9-15-13(3)20-21(4)17(15)18/h5-10,12H,1-4H3,(H,19,22)/b10-9+. The lowest BCUT2D eigenvalue weighted by atomic mass is 10.1. The average Bonchev–Trinajstić information content (AvgIpc) is 2.70. The number of aromatic nitrogens is 2. The fourth-order valence-corrected chi connectivity index (χ4v) is 2.43. The number of hydrogen-bond donors (Lipinski definition) is 1. The van der Waals surface area contributed by atoms with E-state index in [1.54, 1.807) is 17.8 Å². The average molecular weight is 318 g/mol. The summed E-state index contributed by atoms with van der Waals surface area (Å²) in [5.74, 6) is -0.160. The van der Waals surface area contributed by atoms with Crippen LogP contribution in [0.15, 0.2) is 30.3 Å². The number of hydrogen-bond acceptors (Lipinski definition) is 2. The van der Waals surface area contributed by atoms with Gasteiger partial charge in [0.05, 0.1) is 11.7 Å². The highest BCUT2D eigenvalue weighted by Crippen LogP contribution is 2.20. The number of amides is 1. The van der Waals surface area contributed by atoms with Crippen molar-refractivity contribution in [2.45, 2.75) is 26.8 Å². The van der Waals surface area contributed by atoms with Gasteiger partial charge in [0.25, 0.3) is 0 Å².